The minimum Gasteiger partial charge on any atom is -0.335 e. The highest BCUT2D eigenvalue weighted by atomic mass is 32.2. The fraction of sp³-hybridized carbons (Fsp3) is 0.467. The Bertz CT molecular complexity index is 523. The molecule has 1 unspecified atom stereocenters. The number of nitriles is 1. The van der Waals surface area contributed by atoms with Gasteiger partial charge in [0.1, 0.15) is 0 Å². The van der Waals surface area contributed by atoms with Gasteiger partial charge in [-0.1, -0.05) is 38.6 Å². The van der Waals surface area contributed by atoms with E-state index in [0.29, 0.717) is 11.6 Å². The molecule has 1 aromatic carbocycles. The van der Waals surface area contributed by atoms with Gasteiger partial charge in [0.2, 0.25) is 0 Å². The molecule has 1 heterocycles. The first-order chi connectivity index (χ1) is 8.99. The van der Waals surface area contributed by atoms with Crippen LogP contribution in [0.25, 0.3) is 0 Å². The molecule has 2 rings (SSSR count). The zero-order chi connectivity index (χ0) is 13.9. The Morgan fingerprint density at radius 3 is 2.89 bits per heavy atom. The minimum atomic E-state index is 0.197. The van der Waals surface area contributed by atoms with Gasteiger partial charge in [-0.15, -0.1) is 0 Å². The third-order valence-corrected chi connectivity index (χ3v) is 4.07. The van der Waals surface area contributed by atoms with Gasteiger partial charge in [-0.25, -0.2) is 0 Å². The fourth-order valence-electron chi connectivity index (χ4n) is 2.00. The summed E-state index contributed by atoms with van der Waals surface area (Å²) in [4.78, 5) is 4.79. The summed E-state index contributed by atoms with van der Waals surface area (Å²) in [5.74, 6) is 1.09. The van der Waals surface area contributed by atoms with Crippen molar-refractivity contribution in [2.75, 3.05) is 11.1 Å². The van der Waals surface area contributed by atoms with Crippen LogP contribution in [0.15, 0.2) is 29.3 Å². The lowest BCUT2D eigenvalue weighted by molar-refractivity contribution is 0.316. The van der Waals surface area contributed by atoms with Gasteiger partial charge >= 0.3 is 0 Å². The van der Waals surface area contributed by atoms with Crippen molar-refractivity contribution in [3.8, 4) is 6.07 Å². The Labute approximate surface area is 119 Å². The second kappa shape index (κ2) is 5.66. The lowest BCUT2D eigenvalue weighted by Crippen LogP contribution is -2.30. The number of hydrogen-bond acceptors (Lipinski definition) is 4. The highest BCUT2D eigenvalue weighted by molar-refractivity contribution is 8.14. The second-order valence-corrected chi connectivity index (χ2v) is 6.85. The highest BCUT2D eigenvalue weighted by Crippen LogP contribution is 2.31. The van der Waals surface area contributed by atoms with Crippen LogP contribution in [0.5, 0.6) is 0 Å². The molecule has 3 nitrogen and oxygen atoms in total. The number of benzene rings is 1. The van der Waals surface area contributed by atoms with Gasteiger partial charge in [0, 0.05) is 11.4 Å². The van der Waals surface area contributed by atoms with Crippen molar-refractivity contribution in [3.05, 3.63) is 29.8 Å². The van der Waals surface area contributed by atoms with Crippen LogP contribution in [-0.2, 0) is 0 Å². The zero-order valence-electron chi connectivity index (χ0n) is 11.6. The summed E-state index contributed by atoms with van der Waals surface area (Å²) in [6.07, 6.45) is 1.12. The molecule has 1 aromatic rings. The van der Waals surface area contributed by atoms with Gasteiger partial charge in [0.15, 0.2) is 5.17 Å². The maximum Gasteiger partial charge on any atom is 0.161 e. The van der Waals surface area contributed by atoms with Crippen LogP contribution in [0, 0.1) is 16.7 Å². The summed E-state index contributed by atoms with van der Waals surface area (Å²) in [6.45, 7) is 6.68. The molecular formula is C15H19N3S. The van der Waals surface area contributed by atoms with Crippen LogP contribution in [-0.4, -0.2) is 17.0 Å². The van der Waals surface area contributed by atoms with Gasteiger partial charge < -0.3 is 5.32 Å². The summed E-state index contributed by atoms with van der Waals surface area (Å²) in [7, 11) is 0. The number of rotatable bonds is 1. The monoisotopic (exact) mass is 273 g/mol. The van der Waals surface area contributed by atoms with E-state index >= 15 is 0 Å². The molecule has 0 amide bonds. The number of nitrogens with one attached hydrogen (secondary N) is 1. The third kappa shape index (κ3) is 3.74. The van der Waals surface area contributed by atoms with Crippen LogP contribution >= 0.6 is 11.8 Å². The highest BCUT2D eigenvalue weighted by Gasteiger charge is 2.27. The fourth-order valence-corrected chi connectivity index (χ4v) is 2.92. The number of aliphatic imine (C=N–C) groups is 1. The van der Waals surface area contributed by atoms with E-state index in [1.807, 2.05) is 18.2 Å². The number of amidine groups is 1. The SMILES string of the molecule is CC(C)(C)C1CCSC(Nc2cccc(C#N)c2)=N1. The van der Waals surface area contributed by atoms with E-state index in [1.54, 1.807) is 17.8 Å². The van der Waals surface area contributed by atoms with Crippen molar-refractivity contribution in [2.24, 2.45) is 10.4 Å². The number of thioether (sulfide) groups is 1. The molecule has 1 N–H and O–H groups in total. The summed E-state index contributed by atoms with van der Waals surface area (Å²) in [6, 6.07) is 10.0. The molecule has 0 aliphatic carbocycles. The van der Waals surface area contributed by atoms with Crippen LogP contribution in [0.3, 0.4) is 0 Å². The maximum atomic E-state index is 8.90. The minimum absolute atomic E-state index is 0.197. The average molecular weight is 273 g/mol. The first kappa shape index (κ1) is 14.0. The predicted octanol–water partition coefficient (Wildman–Crippen LogP) is 3.88. The van der Waals surface area contributed by atoms with E-state index in [9.17, 15) is 0 Å². The van der Waals surface area contributed by atoms with Crippen LogP contribution in [0.2, 0.25) is 0 Å². The Hall–Kier alpha value is -1.47. The van der Waals surface area contributed by atoms with Gasteiger partial charge in [-0.3, -0.25) is 4.99 Å². The van der Waals surface area contributed by atoms with Crippen LogP contribution in [0.1, 0.15) is 32.8 Å². The Morgan fingerprint density at radius 2 is 2.21 bits per heavy atom. The molecule has 0 spiro atoms. The number of nitrogens with zero attached hydrogens (tertiary/aromatic N) is 2. The molecule has 0 saturated heterocycles. The van der Waals surface area contributed by atoms with Crippen molar-refractivity contribution >= 4 is 22.6 Å². The molecule has 1 atom stereocenters. The number of hydrogen-bond donors (Lipinski definition) is 1. The molecule has 19 heavy (non-hydrogen) atoms. The first-order valence-electron chi connectivity index (χ1n) is 6.47. The normalized spacial score (nSPS) is 19.5. The summed E-state index contributed by atoms with van der Waals surface area (Å²) in [5.41, 5.74) is 1.79. The largest absolute Gasteiger partial charge is 0.335 e. The third-order valence-electron chi connectivity index (χ3n) is 3.15. The van der Waals surface area contributed by atoms with E-state index in [-0.39, 0.29) is 5.41 Å². The molecule has 1 aliphatic heterocycles. The molecule has 0 radical (unpaired) electrons. The van der Waals surface area contributed by atoms with Gasteiger partial charge in [-0.05, 0) is 30.0 Å². The first-order valence-corrected chi connectivity index (χ1v) is 7.45. The molecule has 1 aliphatic rings. The molecular weight excluding hydrogens is 254 g/mol. The van der Waals surface area contributed by atoms with Crippen molar-refractivity contribution in [1.29, 1.82) is 5.26 Å². The lowest BCUT2D eigenvalue weighted by atomic mass is 9.85. The quantitative estimate of drug-likeness (QED) is 0.844. The van der Waals surface area contributed by atoms with Crippen LogP contribution in [0.4, 0.5) is 5.69 Å². The van der Waals surface area contributed by atoms with Crippen molar-refractivity contribution in [2.45, 2.75) is 33.2 Å². The number of anilines is 1. The summed E-state index contributed by atoms with van der Waals surface area (Å²) >= 11 is 1.75. The van der Waals surface area contributed by atoms with E-state index in [2.05, 4.69) is 32.2 Å². The van der Waals surface area contributed by atoms with Gasteiger partial charge in [0.25, 0.3) is 0 Å². The Kier molecular flexibility index (Phi) is 4.16. The van der Waals surface area contributed by atoms with E-state index in [1.165, 1.54) is 0 Å². The molecule has 0 fully saturated rings. The summed E-state index contributed by atoms with van der Waals surface area (Å²) < 4.78 is 0. The summed E-state index contributed by atoms with van der Waals surface area (Å²) in [5, 5.41) is 13.2. The standard InChI is InChI=1S/C15H19N3S/c1-15(2,3)13-7-8-19-14(18-13)17-12-6-4-5-11(9-12)10-16/h4-6,9,13H,7-8H2,1-3H3,(H,17,18). The van der Waals surface area contributed by atoms with E-state index in [0.717, 1.165) is 23.0 Å². The predicted molar refractivity (Wildman–Crippen MR) is 82.5 cm³/mol. The maximum absolute atomic E-state index is 8.90. The van der Waals surface area contributed by atoms with E-state index in [4.69, 9.17) is 10.3 Å². The van der Waals surface area contributed by atoms with Gasteiger partial charge in [0.05, 0.1) is 17.7 Å². The van der Waals surface area contributed by atoms with E-state index < -0.39 is 0 Å². The zero-order valence-corrected chi connectivity index (χ0v) is 12.4. The Balaban J connectivity index is 2.14. The molecule has 4 heteroatoms. The molecule has 0 aromatic heterocycles. The lowest BCUT2D eigenvalue weighted by Gasteiger charge is -2.31. The smallest absolute Gasteiger partial charge is 0.161 e. The van der Waals surface area contributed by atoms with Gasteiger partial charge in [-0.2, -0.15) is 5.26 Å². The van der Waals surface area contributed by atoms with Crippen LogP contribution < -0.4 is 5.32 Å². The molecule has 100 valence electrons. The second-order valence-electron chi connectivity index (χ2n) is 5.77. The Morgan fingerprint density at radius 1 is 1.42 bits per heavy atom. The topological polar surface area (TPSA) is 48.2 Å². The average Bonchev–Trinajstić information content (AvgIpc) is 2.38. The van der Waals surface area contributed by atoms with Crippen molar-refractivity contribution in [3.63, 3.8) is 0 Å². The molecule has 0 bridgehead atoms. The van der Waals surface area contributed by atoms with Crippen molar-refractivity contribution in [1.82, 2.24) is 0 Å². The molecule has 0 saturated carbocycles. The van der Waals surface area contributed by atoms with Crippen molar-refractivity contribution < 1.29 is 0 Å².